The molecule has 4 rings (SSSR count). The summed E-state index contributed by atoms with van der Waals surface area (Å²) in [5.74, 6) is 0.0322. The maximum Gasteiger partial charge on any atom is 0.416 e. The molecule has 0 radical (unpaired) electrons. The summed E-state index contributed by atoms with van der Waals surface area (Å²) in [5.41, 5.74) is 0.0978. The van der Waals surface area contributed by atoms with E-state index in [1.165, 1.54) is 6.07 Å². The summed E-state index contributed by atoms with van der Waals surface area (Å²) in [6, 6.07) is 6.96. The van der Waals surface area contributed by atoms with Crippen LogP contribution < -0.4 is 15.5 Å². The Morgan fingerprint density at radius 3 is 2.72 bits per heavy atom. The fourth-order valence-electron chi connectivity index (χ4n) is 3.40. The van der Waals surface area contributed by atoms with Gasteiger partial charge in [0.1, 0.15) is 5.82 Å². The lowest BCUT2D eigenvalue weighted by atomic mass is 10.1. The Balaban J connectivity index is 1.30. The second-order valence-corrected chi connectivity index (χ2v) is 8.65. The van der Waals surface area contributed by atoms with Gasteiger partial charge in [0.25, 0.3) is 0 Å². The lowest BCUT2D eigenvalue weighted by Crippen LogP contribution is -2.36. The number of anilines is 2. The van der Waals surface area contributed by atoms with Crippen molar-refractivity contribution < 1.29 is 27.5 Å². The Kier molecular flexibility index (Phi) is 6.56. The summed E-state index contributed by atoms with van der Waals surface area (Å²) in [5, 5.41) is 4.52. The first-order valence-electron chi connectivity index (χ1n) is 10.0. The van der Waals surface area contributed by atoms with Crippen LogP contribution in [0.4, 0.5) is 24.7 Å². The molecule has 3 heterocycles. The number of morpholine rings is 1. The average Bonchev–Trinajstić information content (AvgIpc) is 2.78. The fraction of sp³-hybridized carbons (Fsp3) is 0.381. The Morgan fingerprint density at radius 1 is 1.25 bits per heavy atom. The number of ether oxygens (including phenoxy) is 1. The second kappa shape index (κ2) is 9.37. The minimum atomic E-state index is -4.49. The lowest BCUT2D eigenvalue weighted by molar-refractivity contribution is -0.137. The molecule has 2 N–H and O–H groups in total. The molecule has 0 spiro atoms. The minimum absolute atomic E-state index is 0.0871. The number of hydrogen-bond donors (Lipinski definition) is 2. The molecule has 1 aromatic heterocycles. The largest absolute Gasteiger partial charge is 0.416 e. The molecule has 2 aliphatic rings. The molecule has 1 fully saturated rings. The molecule has 2 aromatic rings. The average molecular weight is 466 g/mol. The Bertz CT molecular complexity index is 995. The van der Waals surface area contributed by atoms with Gasteiger partial charge in [-0.3, -0.25) is 9.59 Å². The van der Waals surface area contributed by atoms with Crippen LogP contribution >= 0.6 is 11.8 Å². The van der Waals surface area contributed by atoms with E-state index in [1.54, 1.807) is 6.20 Å². The molecule has 170 valence electrons. The number of nitrogens with zero attached hydrogens (tertiary/aromatic N) is 2. The van der Waals surface area contributed by atoms with Crippen molar-refractivity contribution in [2.75, 3.05) is 36.5 Å². The molecule has 32 heavy (non-hydrogen) atoms. The van der Waals surface area contributed by atoms with E-state index in [-0.39, 0.29) is 24.6 Å². The molecule has 0 bridgehead atoms. The molecule has 1 aromatic carbocycles. The summed E-state index contributed by atoms with van der Waals surface area (Å²) in [6.07, 6.45) is -2.88. The van der Waals surface area contributed by atoms with E-state index in [1.807, 2.05) is 12.1 Å². The van der Waals surface area contributed by atoms with E-state index < -0.39 is 22.9 Å². The number of amides is 2. The van der Waals surface area contributed by atoms with Gasteiger partial charge in [-0.15, -0.1) is 11.8 Å². The maximum atomic E-state index is 12.9. The van der Waals surface area contributed by atoms with E-state index in [0.29, 0.717) is 18.1 Å². The third-order valence-electron chi connectivity index (χ3n) is 5.13. The van der Waals surface area contributed by atoms with Gasteiger partial charge in [-0.1, -0.05) is 6.07 Å². The van der Waals surface area contributed by atoms with Gasteiger partial charge in [0.2, 0.25) is 11.8 Å². The van der Waals surface area contributed by atoms with Crippen molar-refractivity contribution in [2.45, 2.75) is 29.3 Å². The van der Waals surface area contributed by atoms with Gasteiger partial charge in [0.05, 0.1) is 29.7 Å². The van der Waals surface area contributed by atoms with Gasteiger partial charge in [-0.25, -0.2) is 4.98 Å². The molecule has 2 aliphatic heterocycles. The van der Waals surface area contributed by atoms with Crippen molar-refractivity contribution in [1.82, 2.24) is 10.3 Å². The number of rotatable bonds is 5. The van der Waals surface area contributed by atoms with Crippen LogP contribution in [0.2, 0.25) is 0 Å². The van der Waals surface area contributed by atoms with Crippen molar-refractivity contribution in [1.29, 1.82) is 0 Å². The third kappa shape index (κ3) is 5.33. The first-order valence-corrected chi connectivity index (χ1v) is 10.9. The summed E-state index contributed by atoms with van der Waals surface area (Å²) >= 11 is 1.08. The molecule has 0 unspecified atom stereocenters. The van der Waals surface area contributed by atoms with Gasteiger partial charge in [0.15, 0.2) is 0 Å². The van der Waals surface area contributed by atoms with Crippen LogP contribution in [-0.2, 0) is 27.0 Å². The van der Waals surface area contributed by atoms with Gasteiger partial charge >= 0.3 is 6.18 Å². The number of hydrogen-bond acceptors (Lipinski definition) is 6. The van der Waals surface area contributed by atoms with Crippen molar-refractivity contribution in [3.63, 3.8) is 0 Å². The first kappa shape index (κ1) is 22.4. The van der Waals surface area contributed by atoms with Crippen molar-refractivity contribution in [3.8, 4) is 0 Å². The second-order valence-electron chi connectivity index (χ2n) is 7.41. The van der Waals surface area contributed by atoms with Crippen LogP contribution in [0.5, 0.6) is 0 Å². The van der Waals surface area contributed by atoms with Crippen LogP contribution in [-0.4, -0.2) is 48.4 Å². The molecule has 0 saturated carbocycles. The predicted octanol–water partition coefficient (Wildman–Crippen LogP) is 3.06. The van der Waals surface area contributed by atoms with Crippen molar-refractivity contribution in [2.24, 2.45) is 0 Å². The molecule has 0 aliphatic carbocycles. The number of carbonyl (C=O) groups is 2. The summed E-state index contributed by atoms with van der Waals surface area (Å²) < 4.78 is 43.9. The first-order chi connectivity index (χ1) is 15.3. The van der Waals surface area contributed by atoms with Gasteiger partial charge in [0, 0.05) is 37.1 Å². The number of alkyl halides is 3. The Labute approximate surface area is 186 Å². The van der Waals surface area contributed by atoms with Crippen molar-refractivity contribution in [3.05, 3.63) is 47.7 Å². The number of halogens is 3. The van der Waals surface area contributed by atoms with E-state index in [9.17, 15) is 22.8 Å². The maximum absolute atomic E-state index is 12.9. The summed E-state index contributed by atoms with van der Waals surface area (Å²) in [4.78, 5) is 31.7. The van der Waals surface area contributed by atoms with E-state index in [2.05, 4.69) is 20.5 Å². The quantitative estimate of drug-likeness (QED) is 0.705. The van der Waals surface area contributed by atoms with Crippen LogP contribution in [0, 0.1) is 0 Å². The summed E-state index contributed by atoms with van der Waals surface area (Å²) in [6.45, 7) is 3.16. The Morgan fingerprint density at radius 2 is 2.03 bits per heavy atom. The van der Waals surface area contributed by atoms with E-state index in [4.69, 9.17) is 4.74 Å². The van der Waals surface area contributed by atoms with Gasteiger partial charge in [-0.05, 0) is 29.8 Å². The molecular formula is C21H21F3N4O3S. The highest BCUT2D eigenvalue weighted by molar-refractivity contribution is 8.01. The zero-order valence-corrected chi connectivity index (χ0v) is 17.8. The third-order valence-corrected chi connectivity index (χ3v) is 6.41. The number of fused-ring (bicyclic) bond motifs is 1. The lowest BCUT2D eigenvalue weighted by Gasteiger charge is -2.27. The molecule has 1 saturated heterocycles. The van der Waals surface area contributed by atoms with Crippen LogP contribution in [0.3, 0.4) is 0 Å². The molecule has 1 atom stereocenters. The highest BCUT2D eigenvalue weighted by Crippen LogP contribution is 2.40. The monoisotopic (exact) mass is 466 g/mol. The molecule has 7 nitrogen and oxygen atoms in total. The topological polar surface area (TPSA) is 83.6 Å². The van der Waals surface area contributed by atoms with Crippen molar-refractivity contribution >= 4 is 35.1 Å². The zero-order chi connectivity index (χ0) is 22.7. The smallest absolute Gasteiger partial charge is 0.378 e. The van der Waals surface area contributed by atoms with Gasteiger partial charge < -0.3 is 20.3 Å². The Hall–Kier alpha value is -2.79. The van der Waals surface area contributed by atoms with Crippen LogP contribution in [0.15, 0.2) is 41.4 Å². The molecular weight excluding hydrogens is 445 g/mol. The standard InChI is InChI=1S/C21H21F3N4O3S/c22-21(23,24)14-2-3-16-15(9-14)27-20(30)17(32-16)10-19(29)26-12-13-1-4-18(25-11-13)28-5-7-31-8-6-28/h1-4,9,11,17H,5-8,10,12H2,(H,26,29)(H,27,30)/t17-/m1/s1. The number of thioether (sulfide) groups is 1. The number of nitrogens with one attached hydrogen (secondary N) is 2. The van der Waals surface area contributed by atoms with E-state index >= 15 is 0 Å². The highest BCUT2D eigenvalue weighted by atomic mass is 32.2. The number of pyridine rings is 1. The van der Waals surface area contributed by atoms with Crippen LogP contribution in [0.25, 0.3) is 0 Å². The summed E-state index contributed by atoms with van der Waals surface area (Å²) in [7, 11) is 0. The normalized spacial score (nSPS) is 18.7. The van der Waals surface area contributed by atoms with E-state index in [0.717, 1.165) is 48.4 Å². The van der Waals surface area contributed by atoms with Gasteiger partial charge in [-0.2, -0.15) is 13.2 Å². The fourth-order valence-corrected chi connectivity index (χ4v) is 4.49. The molecule has 11 heteroatoms. The number of aromatic nitrogens is 1. The zero-order valence-electron chi connectivity index (χ0n) is 16.9. The minimum Gasteiger partial charge on any atom is -0.378 e. The van der Waals surface area contributed by atoms with Crippen LogP contribution in [0.1, 0.15) is 17.5 Å². The SMILES string of the molecule is O=C(C[C@H]1Sc2ccc(C(F)(F)F)cc2NC1=O)NCc1ccc(N2CCOCC2)nc1. The predicted molar refractivity (Wildman–Crippen MR) is 113 cm³/mol. The highest BCUT2D eigenvalue weighted by Gasteiger charge is 2.34. The molecule has 2 amide bonds. The number of benzene rings is 1. The number of carbonyl (C=O) groups excluding carboxylic acids is 2.